The standard InChI is InChI=1S/C22H19BrN2O2/c1-15(12-22(27)16-6-2-3-7-16)25-20-9-5-4-8-19(20)24-14-17-13-18(23)10-11-21(17)26/h2-6,8-11,13-14,26H,7,12H2,1H3. The van der Waals surface area contributed by atoms with Gasteiger partial charge in [0, 0.05) is 28.4 Å². The van der Waals surface area contributed by atoms with E-state index in [2.05, 4.69) is 25.9 Å². The van der Waals surface area contributed by atoms with Crippen LogP contribution in [0.4, 0.5) is 11.4 Å². The van der Waals surface area contributed by atoms with Crippen molar-refractivity contribution in [3.8, 4) is 5.75 Å². The fourth-order valence-corrected chi connectivity index (χ4v) is 3.06. The third kappa shape index (κ3) is 5.11. The summed E-state index contributed by atoms with van der Waals surface area (Å²) in [5.74, 6) is 0.254. The number of allylic oxidation sites excluding steroid dienone is 4. The monoisotopic (exact) mass is 422 g/mol. The zero-order valence-corrected chi connectivity index (χ0v) is 16.5. The first-order valence-corrected chi connectivity index (χ1v) is 9.37. The molecule has 0 spiro atoms. The van der Waals surface area contributed by atoms with Gasteiger partial charge in [-0.2, -0.15) is 0 Å². The third-order valence-electron chi connectivity index (χ3n) is 4.07. The second kappa shape index (κ2) is 8.73. The maximum Gasteiger partial charge on any atom is 0.164 e. The lowest BCUT2D eigenvalue weighted by Crippen LogP contribution is -2.06. The summed E-state index contributed by atoms with van der Waals surface area (Å²) in [6, 6.07) is 12.6. The Morgan fingerprint density at radius 1 is 1.22 bits per heavy atom. The van der Waals surface area contributed by atoms with Crippen LogP contribution in [0.1, 0.15) is 25.3 Å². The van der Waals surface area contributed by atoms with E-state index in [0.29, 0.717) is 23.4 Å². The van der Waals surface area contributed by atoms with Crippen LogP contribution in [0.5, 0.6) is 5.75 Å². The highest BCUT2D eigenvalue weighted by atomic mass is 79.9. The predicted octanol–water partition coefficient (Wildman–Crippen LogP) is 5.84. The Kier molecular flexibility index (Phi) is 6.14. The Bertz CT molecular complexity index is 988. The first-order chi connectivity index (χ1) is 13.0. The molecule has 2 aromatic rings. The Labute approximate surface area is 166 Å². The highest BCUT2D eigenvalue weighted by molar-refractivity contribution is 9.10. The van der Waals surface area contributed by atoms with Gasteiger partial charge < -0.3 is 5.11 Å². The second-order valence-corrected chi connectivity index (χ2v) is 7.14. The summed E-state index contributed by atoms with van der Waals surface area (Å²) in [6.45, 7) is 1.85. The summed E-state index contributed by atoms with van der Waals surface area (Å²) >= 11 is 3.38. The fourth-order valence-electron chi connectivity index (χ4n) is 2.68. The van der Waals surface area contributed by atoms with Crippen LogP contribution in [0.3, 0.4) is 0 Å². The molecule has 27 heavy (non-hydrogen) atoms. The van der Waals surface area contributed by atoms with Crippen LogP contribution in [-0.4, -0.2) is 22.8 Å². The minimum Gasteiger partial charge on any atom is -0.507 e. The van der Waals surface area contributed by atoms with Crippen molar-refractivity contribution in [1.29, 1.82) is 0 Å². The number of phenolic OH excluding ortho intramolecular Hbond substituents is 1. The molecular formula is C22H19BrN2O2. The number of carbonyl (C=O) groups excluding carboxylic acids is 1. The molecule has 0 fully saturated rings. The number of phenols is 1. The number of benzene rings is 2. The first kappa shape index (κ1) is 19.0. The number of aromatic hydroxyl groups is 1. The number of hydrogen-bond acceptors (Lipinski definition) is 4. The van der Waals surface area contributed by atoms with Gasteiger partial charge in [0.05, 0.1) is 11.4 Å². The number of halogens is 1. The first-order valence-electron chi connectivity index (χ1n) is 8.57. The van der Waals surface area contributed by atoms with Gasteiger partial charge in [-0.25, -0.2) is 0 Å². The SMILES string of the molecule is CC(CC(=O)C1=CC=CC1)=Nc1ccccc1N=Cc1cc(Br)ccc1O. The molecule has 0 bridgehead atoms. The molecule has 0 atom stereocenters. The van der Waals surface area contributed by atoms with E-state index in [9.17, 15) is 9.90 Å². The molecule has 0 saturated carbocycles. The average molecular weight is 423 g/mol. The van der Waals surface area contributed by atoms with Crippen LogP contribution >= 0.6 is 15.9 Å². The minimum absolute atomic E-state index is 0.0984. The van der Waals surface area contributed by atoms with Crippen molar-refractivity contribution < 1.29 is 9.90 Å². The summed E-state index contributed by atoms with van der Waals surface area (Å²) in [6.07, 6.45) is 8.32. The minimum atomic E-state index is 0.0984. The molecule has 136 valence electrons. The molecule has 0 saturated heterocycles. The van der Waals surface area contributed by atoms with Crippen LogP contribution in [0.15, 0.2) is 80.7 Å². The van der Waals surface area contributed by atoms with E-state index < -0.39 is 0 Å². The molecule has 0 amide bonds. The van der Waals surface area contributed by atoms with Gasteiger partial charge in [-0.05, 0) is 49.2 Å². The average Bonchev–Trinajstić information content (AvgIpc) is 3.18. The molecule has 0 unspecified atom stereocenters. The number of ketones is 1. The van der Waals surface area contributed by atoms with Gasteiger partial charge in [-0.15, -0.1) is 0 Å². The largest absolute Gasteiger partial charge is 0.507 e. The van der Waals surface area contributed by atoms with E-state index in [-0.39, 0.29) is 18.0 Å². The summed E-state index contributed by atoms with van der Waals surface area (Å²) < 4.78 is 0.859. The maximum atomic E-state index is 12.3. The number of rotatable bonds is 6. The van der Waals surface area contributed by atoms with Crippen molar-refractivity contribution >= 4 is 45.0 Å². The van der Waals surface area contributed by atoms with Crippen LogP contribution in [0, 0.1) is 0 Å². The molecule has 3 rings (SSSR count). The predicted molar refractivity (Wildman–Crippen MR) is 114 cm³/mol. The molecule has 1 aliphatic rings. The van der Waals surface area contributed by atoms with Crippen molar-refractivity contribution in [2.24, 2.45) is 9.98 Å². The van der Waals surface area contributed by atoms with E-state index in [1.807, 2.05) is 49.4 Å². The van der Waals surface area contributed by atoms with Crippen LogP contribution in [0.2, 0.25) is 0 Å². The number of Topliss-reactive ketones (excluding diaryl/α,β-unsaturated/α-hetero) is 1. The molecule has 5 heteroatoms. The highest BCUT2D eigenvalue weighted by Gasteiger charge is 2.12. The zero-order valence-electron chi connectivity index (χ0n) is 14.9. The Hall–Kier alpha value is -2.79. The van der Waals surface area contributed by atoms with Crippen LogP contribution in [0.25, 0.3) is 0 Å². The molecule has 0 aliphatic heterocycles. The van der Waals surface area contributed by atoms with Crippen LogP contribution in [-0.2, 0) is 4.79 Å². The molecular weight excluding hydrogens is 404 g/mol. The molecule has 0 radical (unpaired) electrons. The van der Waals surface area contributed by atoms with Crippen molar-refractivity contribution in [3.63, 3.8) is 0 Å². The lowest BCUT2D eigenvalue weighted by atomic mass is 10.1. The highest BCUT2D eigenvalue weighted by Crippen LogP contribution is 2.29. The lowest BCUT2D eigenvalue weighted by Gasteiger charge is -2.05. The summed E-state index contributed by atoms with van der Waals surface area (Å²) in [5, 5.41) is 9.94. The summed E-state index contributed by atoms with van der Waals surface area (Å²) in [4.78, 5) is 21.3. The fraction of sp³-hybridized carbons (Fsp3) is 0.136. The van der Waals surface area contributed by atoms with Gasteiger partial charge in [0.2, 0.25) is 0 Å². The van der Waals surface area contributed by atoms with Crippen LogP contribution < -0.4 is 0 Å². The van der Waals surface area contributed by atoms with Crippen molar-refractivity contribution in [1.82, 2.24) is 0 Å². The van der Waals surface area contributed by atoms with E-state index >= 15 is 0 Å². The van der Waals surface area contributed by atoms with Gasteiger partial charge in [-0.3, -0.25) is 14.8 Å². The van der Waals surface area contributed by atoms with Gasteiger partial charge >= 0.3 is 0 Å². The Morgan fingerprint density at radius 3 is 2.74 bits per heavy atom. The molecule has 1 N–H and O–H groups in total. The number of nitrogens with zero attached hydrogens (tertiary/aromatic N) is 2. The van der Waals surface area contributed by atoms with E-state index in [1.54, 1.807) is 24.4 Å². The van der Waals surface area contributed by atoms with Gasteiger partial charge in [-0.1, -0.05) is 46.3 Å². The second-order valence-electron chi connectivity index (χ2n) is 6.22. The van der Waals surface area contributed by atoms with E-state index in [1.165, 1.54) is 0 Å². The Balaban J connectivity index is 1.80. The normalized spacial score (nSPS) is 14.0. The molecule has 0 aromatic heterocycles. The Morgan fingerprint density at radius 2 is 2.00 bits per heavy atom. The van der Waals surface area contributed by atoms with Crippen molar-refractivity contribution in [3.05, 3.63) is 76.3 Å². The van der Waals surface area contributed by atoms with Crippen molar-refractivity contribution in [2.45, 2.75) is 19.8 Å². The maximum absolute atomic E-state index is 12.3. The third-order valence-corrected chi connectivity index (χ3v) is 4.56. The molecule has 2 aromatic carbocycles. The topological polar surface area (TPSA) is 62.0 Å². The van der Waals surface area contributed by atoms with Gasteiger partial charge in [0.15, 0.2) is 5.78 Å². The molecule has 4 nitrogen and oxygen atoms in total. The van der Waals surface area contributed by atoms with Gasteiger partial charge in [0.25, 0.3) is 0 Å². The zero-order chi connectivity index (χ0) is 19.2. The number of para-hydroxylation sites is 2. The smallest absolute Gasteiger partial charge is 0.164 e. The van der Waals surface area contributed by atoms with E-state index in [0.717, 1.165) is 15.8 Å². The number of aliphatic imine (C=N–C) groups is 2. The lowest BCUT2D eigenvalue weighted by molar-refractivity contribution is -0.114. The number of carbonyl (C=O) groups is 1. The summed E-state index contributed by atoms with van der Waals surface area (Å²) in [7, 11) is 0. The van der Waals surface area contributed by atoms with Gasteiger partial charge in [0.1, 0.15) is 5.75 Å². The van der Waals surface area contributed by atoms with E-state index in [4.69, 9.17) is 0 Å². The molecule has 1 aliphatic carbocycles. The van der Waals surface area contributed by atoms with Crippen molar-refractivity contribution in [2.75, 3.05) is 0 Å². The molecule has 0 heterocycles. The number of hydrogen-bond donors (Lipinski definition) is 1. The summed E-state index contributed by atoms with van der Waals surface area (Å²) in [5.41, 5.74) is 3.52. The quantitative estimate of drug-likeness (QED) is 0.593.